The van der Waals surface area contributed by atoms with Crippen molar-refractivity contribution in [1.82, 2.24) is 9.62 Å². The number of aryl methyl sites for hydroxylation is 1. The SMILES string of the molecule is CCc1ccc2c(COC(=O)[C@H](C)NC(=O)c3ccc(S(=O)(=O)N(C)C)cc3)cc(=O)oc2c1. The van der Waals surface area contributed by atoms with Gasteiger partial charge in [-0.3, -0.25) is 4.79 Å². The summed E-state index contributed by atoms with van der Waals surface area (Å²) < 4.78 is 35.9. The molecule has 0 saturated carbocycles. The summed E-state index contributed by atoms with van der Waals surface area (Å²) in [5.41, 5.74) is 1.56. The molecule has 180 valence electrons. The lowest BCUT2D eigenvalue weighted by atomic mass is 10.1. The molecule has 34 heavy (non-hydrogen) atoms. The molecule has 0 aliphatic carbocycles. The first-order valence-electron chi connectivity index (χ1n) is 10.6. The van der Waals surface area contributed by atoms with E-state index in [1.165, 1.54) is 51.4 Å². The number of benzene rings is 2. The van der Waals surface area contributed by atoms with E-state index in [4.69, 9.17) is 9.15 Å². The lowest BCUT2D eigenvalue weighted by Gasteiger charge is -2.15. The zero-order valence-corrected chi connectivity index (χ0v) is 20.1. The van der Waals surface area contributed by atoms with Crippen molar-refractivity contribution in [3.8, 4) is 0 Å². The summed E-state index contributed by atoms with van der Waals surface area (Å²) in [6.45, 7) is 3.29. The molecule has 0 saturated heterocycles. The van der Waals surface area contributed by atoms with Gasteiger partial charge in [0, 0.05) is 36.7 Å². The van der Waals surface area contributed by atoms with E-state index in [1.807, 2.05) is 19.1 Å². The molecule has 1 amide bonds. The van der Waals surface area contributed by atoms with Crippen molar-refractivity contribution >= 4 is 32.9 Å². The summed E-state index contributed by atoms with van der Waals surface area (Å²) in [4.78, 5) is 36.9. The van der Waals surface area contributed by atoms with Gasteiger partial charge in [0.05, 0.1) is 4.90 Å². The topological polar surface area (TPSA) is 123 Å². The minimum atomic E-state index is -3.61. The summed E-state index contributed by atoms with van der Waals surface area (Å²) in [6, 6.07) is 11.2. The number of sulfonamides is 1. The largest absolute Gasteiger partial charge is 0.459 e. The van der Waals surface area contributed by atoms with Gasteiger partial charge in [-0.05, 0) is 49.2 Å². The number of carbonyl (C=O) groups excluding carboxylic acids is 2. The van der Waals surface area contributed by atoms with E-state index >= 15 is 0 Å². The maximum Gasteiger partial charge on any atom is 0.336 e. The smallest absolute Gasteiger partial charge is 0.336 e. The zero-order valence-electron chi connectivity index (χ0n) is 19.3. The highest BCUT2D eigenvalue weighted by molar-refractivity contribution is 7.89. The fraction of sp³-hybridized carbons (Fsp3) is 0.292. The third kappa shape index (κ3) is 5.52. The van der Waals surface area contributed by atoms with Gasteiger partial charge < -0.3 is 14.5 Å². The van der Waals surface area contributed by atoms with Crippen molar-refractivity contribution < 1.29 is 27.2 Å². The Morgan fingerprint density at radius 2 is 1.76 bits per heavy atom. The first-order chi connectivity index (χ1) is 16.0. The molecule has 0 bridgehead atoms. The molecule has 3 rings (SSSR count). The Hall–Kier alpha value is -3.50. The summed E-state index contributed by atoms with van der Waals surface area (Å²) in [6.07, 6.45) is 0.782. The molecule has 1 heterocycles. The minimum absolute atomic E-state index is 0.0483. The average Bonchev–Trinajstić information content (AvgIpc) is 2.81. The molecule has 1 aromatic heterocycles. The number of nitrogens with one attached hydrogen (secondary N) is 1. The highest BCUT2D eigenvalue weighted by Gasteiger charge is 2.21. The van der Waals surface area contributed by atoms with Crippen LogP contribution in [-0.4, -0.2) is 44.7 Å². The summed E-state index contributed by atoms with van der Waals surface area (Å²) in [5.74, 6) is -1.25. The van der Waals surface area contributed by atoms with Crippen molar-refractivity contribution in [3.63, 3.8) is 0 Å². The van der Waals surface area contributed by atoms with Crippen LogP contribution in [0, 0.1) is 0 Å². The molecule has 10 heteroatoms. The van der Waals surface area contributed by atoms with Crippen LogP contribution in [-0.2, 0) is 32.6 Å². The molecule has 0 aliphatic heterocycles. The lowest BCUT2D eigenvalue weighted by molar-refractivity contribution is -0.146. The van der Waals surface area contributed by atoms with Gasteiger partial charge in [0.1, 0.15) is 18.2 Å². The van der Waals surface area contributed by atoms with Crippen molar-refractivity contribution in [2.24, 2.45) is 0 Å². The summed E-state index contributed by atoms with van der Waals surface area (Å²) >= 11 is 0. The van der Waals surface area contributed by atoms with Crippen molar-refractivity contribution in [2.45, 2.75) is 37.8 Å². The van der Waals surface area contributed by atoms with Crippen LogP contribution in [0.15, 0.2) is 62.6 Å². The second-order valence-electron chi connectivity index (χ2n) is 7.89. The maximum absolute atomic E-state index is 12.5. The van der Waals surface area contributed by atoms with Crippen molar-refractivity contribution in [3.05, 3.63) is 75.6 Å². The van der Waals surface area contributed by atoms with Crippen LogP contribution in [0.4, 0.5) is 0 Å². The molecular formula is C24H26N2O7S. The second kappa shape index (κ2) is 10.2. The van der Waals surface area contributed by atoms with Crippen molar-refractivity contribution in [1.29, 1.82) is 0 Å². The van der Waals surface area contributed by atoms with Gasteiger partial charge in [0.15, 0.2) is 0 Å². The average molecular weight is 487 g/mol. The molecule has 0 aliphatic rings. The van der Waals surface area contributed by atoms with Gasteiger partial charge >= 0.3 is 11.6 Å². The highest BCUT2D eigenvalue weighted by Crippen LogP contribution is 2.20. The summed E-state index contributed by atoms with van der Waals surface area (Å²) in [5, 5.41) is 3.18. The van der Waals surface area contributed by atoms with Crippen LogP contribution < -0.4 is 10.9 Å². The fourth-order valence-corrected chi connectivity index (χ4v) is 4.12. The molecule has 0 radical (unpaired) electrons. The zero-order chi connectivity index (χ0) is 25.0. The van der Waals surface area contributed by atoms with Crippen LogP contribution >= 0.6 is 0 Å². The Morgan fingerprint density at radius 3 is 2.38 bits per heavy atom. The monoisotopic (exact) mass is 486 g/mol. The standard InChI is InChI=1S/C24H26N2O7S/c1-5-16-6-11-20-18(13-22(27)33-21(20)12-16)14-32-24(29)15(2)25-23(28)17-7-9-19(10-8-17)34(30,31)26(3)4/h6-13,15H,5,14H2,1-4H3,(H,25,28)/t15-/m0/s1. The van der Waals surface area contributed by atoms with Crippen LogP contribution in [0.5, 0.6) is 0 Å². The number of nitrogens with zero attached hydrogens (tertiary/aromatic N) is 1. The molecule has 9 nitrogen and oxygen atoms in total. The number of hydrogen-bond donors (Lipinski definition) is 1. The third-order valence-electron chi connectivity index (χ3n) is 5.27. The lowest BCUT2D eigenvalue weighted by Crippen LogP contribution is -2.39. The second-order valence-corrected chi connectivity index (χ2v) is 10.0. The Morgan fingerprint density at radius 1 is 1.09 bits per heavy atom. The Kier molecular flexibility index (Phi) is 7.53. The molecule has 1 N–H and O–H groups in total. The molecule has 3 aromatic rings. The molecule has 0 spiro atoms. The van der Waals surface area contributed by atoms with E-state index in [2.05, 4.69) is 5.32 Å². The highest BCUT2D eigenvalue weighted by atomic mass is 32.2. The fourth-order valence-electron chi connectivity index (χ4n) is 3.22. The number of esters is 1. The van der Waals surface area contributed by atoms with E-state index < -0.39 is 33.6 Å². The van der Waals surface area contributed by atoms with Gasteiger partial charge in [0.2, 0.25) is 10.0 Å². The van der Waals surface area contributed by atoms with Crippen molar-refractivity contribution in [2.75, 3.05) is 14.1 Å². The number of amides is 1. The van der Waals surface area contributed by atoms with Gasteiger partial charge in [-0.15, -0.1) is 0 Å². The Bertz CT molecular complexity index is 1380. The third-order valence-corrected chi connectivity index (χ3v) is 7.10. The van der Waals surface area contributed by atoms with E-state index in [0.717, 1.165) is 16.3 Å². The quantitative estimate of drug-likeness (QED) is 0.383. The van der Waals surface area contributed by atoms with E-state index in [9.17, 15) is 22.8 Å². The van der Waals surface area contributed by atoms with Gasteiger partial charge in [-0.1, -0.05) is 19.1 Å². The Labute approximate surface area is 197 Å². The van der Waals surface area contributed by atoms with Gasteiger partial charge in [-0.25, -0.2) is 22.3 Å². The van der Waals surface area contributed by atoms with Crippen LogP contribution in [0.2, 0.25) is 0 Å². The van der Waals surface area contributed by atoms with Crippen LogP contribution in [0.1, 0.15) is 35.3 Å². The number of rotatable bonds is 8. The normalized spacial score (nSPS) is 12.5. The molecule has 0 unspecified atom stereocenters. The van der Waals surface area contributed by atoms with E-state index in [1.54, 1.807) is 6.07 Å². The first kappa shape index (κ1) is 25.1. The van der Waals surface area contributed by atoms with Gasteiger partial charge in [-0.2, -0.15) is 0 Å². The predicted octanol–water partition coefficient (Wildman–Crippen LogP) is 2.47. The van der Waals surface area contributed by atoms with E-state index in [0.29, 0.717) is 16.5 Å². The van der Waals surface area contributed by atoms with Crippen LogP contribution in [0.25, 0.3) is 11.0 Å². The van der Waals surface area contributed by atoms with Gasteiger partial charge in [0.25, 0.3) is 5.91 Å². The molecular weight excluding hydrogens is 460 g/mol. The predicted molar refractivity (Wildman–Crippen MR) is 126 cm³/mol. The molecule has 1 atom stereocenters. The maximum atomic E-state index is 12.5. The minimum Gasteiger partial charge on any atom is -0.459 e. The number of carbonyl (C=O) groups is 2. The summed E-state index contributed by atoms with van der Waals surface area (Å²) in [7, 11) is -0.787. The molecule has 0 fully saturated rings. The van der Waals surface area contributed by atoms with E-state index in [-0.39, 0.29) is 17.1 Å². The Balaban J connectivity index is 1.65. The number of hydrogen-bond acceptors (Lipinski definition) is 7. The first-order valence-corrected chi connectivity index (χ1v) is 12.0. The molecule has 2 aromatic carbocycles. The number of ether oxygens (including phenoxy) is 1. The van der Waals surface area contributed by atoms with Crippen LogP contribution in [0.3, 0.4) is 0 Å². The number of fused-ring (bicyclic) bond motifs is 1.